The molecule has 0 bridgehead atoms. The van der Waals surface area contributed by atoms with Crippen molar-refractivity contribution in [1.82, 2.24) is 10.1 Å². The normalized spacial score (nSPS) is 24.1. The van der Waals surface area contributed by atoms with Crippen LogP contribution in [0.15, 0.2) is 4.52 Å². The Labute approximate surface area is 124 Å². The first kappa shape index (κ1) is 15.7. The number of hydrogen-bond acceptors (Lipinski definition) is 6. The van der Waals surface area contributed by atoms with Crippen molar-refractivity contribution in [3.63, 3.8) is 0 Å². The summed E-state index contributed by atoms with van der Waals surface area (Å²) in [5, 5.41) is 3.97. The molecule has 20 heavy (non-hydrogen) atoms. The van der Waals surface area contributed by atoms with Gasteiger partial charge in [0.15, 0.2) is 5.82 Å². The summed E-state index contributed by atoms with van der Waals surface area (Å²) in [4.78, 5) is 4.36. The molecule has 7 heteroatoms. The van der Waals surface area contributed by atoms with E-state index in [4.69, 9.17) is 19.7 Å². The van der Waals surface area contributed by atoms with Crippen LogP contribution in [0.25, 0.3) is 0 Å². The van der Waals surface area contributed by atoms with E-state index in [-0.39, 0.29) is 24.0 Å². The average Bonchev–Trinajstić information content (AvgIpc) is 3.03. The lowest BCUT2D eigenvalue weighted by molar-refractivity contribution is 0.0169. The fourth-order valence-corrected chi connectivity index (χ4v) is 2.49. The van der Waals surface area contributed by atoms with Crippen LogP contribution in [-0.4, -0.2) is 36.1 Å². The third kappa shape index (κ3) is 3.49. The minimum Gasteiger partial charge on any atom is -0.378 e. The van der Waals surface area contributed by atoms with Gasteiger partial charge in [0.25, 0.3) is 0 Å². The highest BCUT2D eigenvalue weighted by Crippen LogP contribution is 2.36. The van der Waals surface area contributed by atoms with E-state index in [9.17, 15) is 0 Å². The molecule has 1 unspecified atom stereocenters. The SMILES string of the molecule is Cl.NC1(c2noc(CCOCC3CCCO3)n2)CCC1. The van der Waals surface area contributed by atoms with Gasteiger partial charge in [-0.05, 0) is 32.1 Å². The van der Waals surface area contributed by atoms with E-state index >= 15 is 0 Å². The highest BCUT2D eigenvalue weighted by Gasteiger charge is 2.38. The van der Waals surface area contributed by atoms with Crippen molar-refractivity contribution in [2.45, 2.75) is 50.2 Å². The lowest BCUT2D eigenvalue weighted by atomic mass is 9.77. The van der Waals surface area contributed by atoms with Gasteiger partial charge in [0.2, 0.25) is 5.89 Å². The second-order valence-electron chi connectivity index (χ2n) is 5.48. The van der Waals surface area contributed by atoms with Crippen LogP contribution >= 0.6 is 12.4 Å². The van der Waals surface area contributed by atoms with Crippen molar-refractivity contribution in [3.05, 3.63) is 11.7 Å². The van der Waals surface area contributed by atoms with E-state index in [0.717, 1.165) is 38.7 Å². The number of ether oxygens (including phenoxy) is 2. The Balaban J connectivity index is 0.00000147. The molecule has 1 saturated heterocycles. The number of halogens is 1. The summed E-state index contributed by atoms with van der Waals surface area (Å²) >= 11 is 0. The van der Waals surface area contributed by atoms with Gasteiger partial charge in [0.05, 0.1) is 31.3 Å². The molecule has 2 N–H and O–H groups in total. The fourth-order valence-electron chi connectivity index (χ4n) is 2.49. The van der Waals surface area contributed by atoms with Gasteiger partial charge in [0.1, 0.15) is 0 Å². The van der Waals surface area contributed by atoms with Gasteiger partial charge in [-0.1, -0.05) is 5.16 Å². The van der Waals surface area contributed by atoms with Crippen molar-refractivity contribution in [3.8, 4) is 0 Å². The zero-order valence-electron chi connectivity index (χ0n) is 11.5. The minimum absolute atomic E-state index is 0. The van der Waals surface area contributed by atoms with Gasteiger partial charge >= 0.3 is 0 Å². The maximum atomic E-state index is 6.14. The number of nitrogens with two attached hydrogens (primary N) is 1. The van der Waals surface area contributed by atoms with Crippen LogP contribution in [-0.2, 0) is 21.4 Å². The summed E-state index contributed by atoms with van der Waals surface area (Å²) in [5.41, 5.74) is 5.80. The third-order valence-corrected chi connectivity index (χ3v) is 3.95. The van der Waals surface area contributed by atoms with E-state index in [0.29, 0.717) is 31.3 Å². The third-order valence-electron chi connectivity index (χ3n) is 3.95. The Morgan fingerprint density at radius 1 is 1.35 bits per heavy atom. The summed E-state index contributed by atoms with van der Waals surface area (Å²) < 4.78 is 16.3. The summed E-state index contributed by atoms with van der Waals surface area (Å²) in [7, 11) is 0. The van der Waals surface area contributed by atoms with Crippen LogP contribution in [0.1, 0.15) is 43.8 Å². The van der Waals surface area contributed by atoms with Gasteiger partial charge < -0.3 is 19.7 Å². The van der Waals surface area contributed by atoms with Crippen LogP contribution in [0, 0.1) is 0 Å². The highest BCUT2D eigenvalue weighted by atomic mass is 35.5. The van der Waals surface area contributed by atoms with Gasteiger partial charge in [0, 0.05) is 6.61 Å². The van der Waals surface area contributed by atoms with Crippen LogP contribution in [0.4, 0.5) is 0 Å². The van der Waals surface area contributed by atoms with Crippen LogP contribution in [0.3, 0.4) is 0 Å². The van der Waals surface area contributed by atoms with E-state index in [1.807, 2.05) is 0 Å². The lowest BCUT2D eigenvalue weighted by Crippen LogP contribution is -2.44. The predicted molar refractivity (Wildman–Crippen MR) is 74.8 cm³/mol. The Kier molecular flexibility index (Phi) is 5.37. The number of hydrogen-bond donors (Lipinski definition) is 1. The van der Waals surface area contributed by atoms with E-state index < -0.39 is 0 Å². The van der Waals surface area contributed by atoms with E-state index in [1.54, 1.807) is 0 Å². The Hall–Kier alpha value is -0.690. The lowest BCUT2D eigenvalue weighted by Gasteiger charge is -2.34. The van der Waals surface area contributed by atoms with E-state index in [2.05, 4.69) is 10.1 Å². The molecule has 0 amide bonds. The first-order chi connectivity index (χ1) is 9.26. The second-order valence-corrected chi connectivity index (χ2v) is 5.48. The van der Waals surface area contributed by atoms with Gasteiger partial charge in [-0.25, -0.2) is 0 Å². The average molecular weight is 304 g/mol. The monoisotopic (exact) mass is 303 g/mol. The zero-order valence-corrected chi connectivity index (χ0v) is 12.4. The topological polar surface area (TPSA) is 83.4 Å². The summed E-state index contributed by atoms with van der Waals surface area (Å²) in [5.74, 6) is 1.26. The molecule has 3 rings (SSSR count). The fraction of sp³-hybridized carbons (Fsp3) is 0.846. The Morgan fingerprint density at radius 3 is 2.85 bits per heavy atom. The highest BCUT2D eigenvalue weighted by molar-refractivity contribution is 5.85. The largest absolute Gasteiger partial charge is 0.378 e. The van der Waals surface area contributed by atoms with Crippen LogP contribution < -0.4 is 5.73 Å². The molecule has 1 aliphatic heterocycles. The standard InChI is InChI=1S/C13H21N3O3.ClH/c14-13(5-2-6-13)12-15-11(19-16-12)4-8-17-9-10-3-1-7-18-10;/h10H,1-9,14H2;1H. The molecule has 0 radical (unpaired) electrons. The molecule has 1 aromatic rings. The van der Waals surface area contributed by atoms with Crippen LogP contribution in [0.5, 0.6) is 0 Å². The molecule has 1 atom stereocenters. The van der Waals surface area contributed by atoms with Crippen molar-refractivity contribution in [2.75, 3.05) is 19.8 Å². The molecule has 0 spiro atoms. The molecule has 2 fully saturated rings. The smallest absolute Gasteiger partial charge is 0.229 e. The Morgan fingerprint density at radius 2 is 2.20 bits per heavy atom. The molecule has 1 aliphatic carbocycles. The molecule has 2 heterocycles. The maximum absolute atomic E-state index is 6.14. The summed E-state index contributed by atoms with van der Waals surface area (Å²) in [6, 6.07) is 0. The van der Waals surface area contributed by atoms with Crippen molar-refractivity contribution >= 4 is 12.4 Å². The number of rotatable bonds is 6. The number of aromatic nitrogens is 2. The molecule has 2 aliphatic rings. The Bertz CT molecular complexity index is 417. The first-order valence-electron chi connectivity index (χ1n) is 7.08. The van der Waals surface area contributed by atoms with E-state index in [1.165, 1.54) is 0 Å². The van der Waals surface area contributed by atoms with Crippen molar-refractivity contribution in [1.29, 1.82) is 0 Å². The minimum atomic E-state index is -0.347. The molecule has 114 valence electrons. The van der Waals surface area contributed by atoms with Crippen molar-refractivity contribution in [2.24, 2.45) is 5.73 Å². The van der Waals surface area contributed by atoms with Crippen LogP contribution in [0.2, 0.25) is 0 Å². The molecular formula is C13H22ClN3O3. The first-order valence-corrected chi connectivity index (χ1v) is 7.08. The molecule has 1 saturated carbocycles. The second kappa shape index (κ2) is 6.85. The summed E-state index contributed by atoms with van der Waals surface area (Å²) in [6.45, 7) is 2.10. The van der Waals surface area contributed by atoms with Crippen molar-refractivity contribution < 1.29 is 14.0 Å². The number of nitrogens with zero attached hydrogens (tertiary/aromatic N) is 2. The predicted octanol–water partition coefficient (Wildman–Crippen LogP) is 1.57. The quantitative estimate of drug-likeness (QED) is 0.803. The zero-order chi connectivity index (χ0) is 13.1. The van der Waals surface area contributed by atoms with Gasteiger partial charge in [-0.15, -0.1) is 12.4 Å². The molecular weight excluding hydrogens is 282 g/mol. The molecule has 6 nitrogen and oxygen atoms in total. The maximum Gasteiger partial charge on any atom is 0.229 e. The summed E-state index contributed by atoms with van der Waals surface area (Å²) in [6.07, 6.45) is 6.17. The van der Waals surface area contributed by atoms with Gasteiger partial charge in [-0.2, -0.15) is 4.98 Å². The molecule has 1 aromatic heterocycles. The molecule has 0 aromatic carbocycles. The van der Waals surface area contributed by atoms with Gasteiger partial charge in [-0.3, -0.25) is 0 Å².